The lowest BCUT2D eigenvalue weighted by Crippen LogP contribution is -2.45. The summed E-state index contributed by atoms with van der Waals surface area (Å²) in [4.78, 5) is 29.7. The van der Waals surface area contributed by atoms with E-state index < -0.39 is 17.4 Å². The zero-order valence-corrected chi connectivity index (χ0v) is 11.4. The van der Waals surface area contributed by atoms with E-state index in [9.17, 15) is 9.59 Å². The second-order valence-electron chi connectivity index (χ2n) is 4.74. The molecule has 0 saturated heterocycles. The van der Waals surface area contributed by atoms with Crippen molar-refractivity contribution in [3.8, 4) is 0 Å². The Balaban J connectivity index is 2.46. The quantitative estimate of drug-likeness (QED) is 0.623. The fraction of sp³-hybridized carbons (Fsp3) is 0.583. The van der Waals surface area contributed by atoms with Crippen LogP contribution in [-0.2, 0) is 4.79 Å². The number of carbonyl (C=O) groups excluding carboxylic acids is 1. The van der Waals surface area contributed by atoms with Gasteiger partial charge in [-0.1, -0.05) is 6.92 Å². The minimum atomic E-state index is -0.953. The molecule has 19 heavy (non-hydrogen) atoms. The average molecular weight is 268 g/mol. The molecule has 1 aromatic rings. The highest BCUT2D eigenvalue weighted by atomic mass is 16.4. The Morgan fingerprint density at radius 2 is 2.26 bits per heavy atom. The summed E-state index contributed by atoms with van der Waals surface area (Å²) in [5, 5.41) is 14.3. The van der Waals surface area contributed by atoms with Gasteiger partial charge in [-0.05, 0) is 20.3 Å². The molecule has 0 saturated carbocycles. The first-order chi connectivity index (χ1) is 8.89. The van der Waals surface area contributed by atoms with Crippen molar-refractivity contribution in [2.75, 3.05) is 6.54 Å². The fourth-order valence-corrected chi connectivity index (χ4v) is 1.46. The number of urea groups is 1. The van der Waals surface area contributed by atoms with Crippen LogP contribution in [0.15, 0.2) is 12.4 Å². The van der Waals surface area contributed by atoms with Crippen LogP contribution >= 0.6 is 0 Å². The average Bonchev–Trinajstić information content (AvgIpc) is 2.89. The third kappa shape index (κ3) is 3.97. The zero-order valence-electron chi connectivity index (χ0n) is 11.4. The first-order valence-corrected chi connectivity index (χ1v) is 6.16. The molecular weight excluding hydrogens is 248 g/mol. The summed E-state index contributed by atoms with van der Waals surface area (Å²) >= 11 is 0. The molecule has 4 N–H and O–H groups in total. The standard InChI is InChI=1S/C12H20N4O3/c1-4-12(3,10(17)18)7-15-11(19)16-8(2)9-13-5-6-14-9/h5-6,8H,4,7H2,1-3H3,(H,13,14)(H,17,18)(H2,15,16,19). The van der Waals surface area contributed by atoms with Crippen molar-refractivity contribution in [2.45, 2.75) is 33.2 Å². The van der Waals surface area contributed by atoms with E-state index in [1.54, 1.807) is 33.2 Å². The Kier molecular flexibility index (Phi) is 4.91. The minimum absolute atomic E-state index is 0.0789. The SMILES string of the molecule is CCC(C)(CNC(=O)NC(C)c1ncc[nH]1)C(=O)O. The van der Waals surface area contributed by atoms with Gasteiger partial charge in [-0.3, -0.25) is 4.79 Å². The zero-order chi connectivity index (χ0) is 14.5. The summed E-state index contributed by atoms with van der Waals surface area (Å²) in [6.45, 7) is 5.24. The van der Waals surface area contributed by atoms with Crippen LogP contribution in [-0.4, -0.2) is 33.6 Å². The number of carboxylic acid groups (broad SMARTS) is 1. The molecule has 1 rings (SSSR count). The lowest BCUT2D eigenvalue weighted by atomic mass is 9.88. The molecule has 0 aliphatic heterocycles. The van der Waals surface area contributed by atoms with Crippen LogP contribution < -0.4 is 10.6 Å². The molecule has 2 atom stereocenters. The number of imidazole rings is 1. The van der Waals surface area contributed by atoms with Crippen LogP contribution in [0.3, 0.4) is 0 Å². The predicted molar refractivity (Wildman–Crippen MR) is 69.6 cm³/mol. The number of nitrogens with zero attached hydrogens (tertiary/aromatic N) is 1. The van der Waals surface area contributed by atoms with Crippen LogP contribution in [0.25, 0.3) is 0 Å². The molecule has 0 aromatic carbocycles. The number of hydrogen-bond acceptors (Lipinski definition) is 3. The van der Waals surface area contributed by atoms with Crippen molar-refractivity contribution in [3.63, 3.8) is 0 Å². The number of aliphatic carboxylic acids is 1. The van der Waals surface area contributed by atoms with E-state index in [0.717, 1.165) is 0 Å². The predicted octanol–water partition coefficient (Wildman–Crippen LogP) is 1.27. The highest BCUT2D eigenvalue weighted by molar-refractivity contribution is 5.77. The number of hydrogen-bond donors (Lipinski definition) is 4. The number of H-pyrrole nitrogens is 1. The van der Waals surface area contributed by atoms with E-state index in [0.29, 0.717) is 12.2 Å². The molecule has 0 bridgehead atoms. The maximum atomic E-state index is 11.7. The number of aromatic nitrogens is 2. The monoisotopic (exact) mass is 268 g/mol. The van der Waals surface area contributed by atoms with E-state index in [4.69, 9.17) is 5.11 Å². The van der Waals surface area contributed by atoms with E-state index in [2.05, 4.69) is 20.6 Å². The van der Waals surface area contributed by atoms with E-state index in [1.807, 2.05) is 0 Å². The highest BCUT2D eigenvalue weighted by Gasteiger charge is 2.31. The normalized spacial score (nSPS) is 15.3. The largest absolute Gasteiger partial charge is 0.481 e. The molecular formula is C12H20N4O3. The van der Waals surface area contributed by atoms with Crippen LogP contribution in [0, 0.1) is 5.41 Å². The Hall–Kier alpha value is -2.05. The van der Waals surface area contributed by atoms with Crippen molar-refractivity contribution >= 4 is 12.0 Å². The first kappa shape index (κ1) is 15.0. The molecule has 0 spiro atoms. The minimum Gasteiger partial charge on any atom is -0.481 e. The van der Waals surface area contributed by atoms with E-state index in [1.165, 1.54) is 0 Å². The molecule has 0 fully saturated rings. The van der Waals surface area contributed by atoms with Crippen LogP contribution in [0.4, 0.5) is 4.79 Å². The van der Waals surface area contributed by atoms with Gasteiger partial charge in [0.2, 0.25) is 0 Å². The van der Waals surface area contributed by atoms with E-state index in [-0.39, 0.29) is 12.6 Å². The summed E-state index contributed by atoms with van der Waals surface area (Å²) in [7, 11) is 0. The van der Waals surface area contributed by atoms with Crippen molar-refractivity contribution in [1.29, 1.82) is 0 Å². The molecule has 0 aliphatic rings. The van der Waals surface area contributed by atoms with Gasteiger partial charge >= 0.3 is 12.0 Å². The summed E-state index contributed by atoms with van der Waals surface area (Å²) in [6, 6.07) is -0.683. The van der Waals surface area contributed by atoms with E-state index >= 15 is 0 Å². The molecule has 1 aromatic heterocycles. The van der Waals surface area contributed by atoms with Crippen molar-refractivity contribution < 1.29 is 14.7 Å². The molecule has 106 valence electrons. The van der Waals surface area contributed by atoms with Crippen LogP contribution in [0.1, 0.15) is 39.1 Å². The maximum absolute atomic E-state index is 11.7. The molecule has 7 heteroatoms. The van der Waals surface area contributed by atoms with Crippen LogP contribution in [0.2, 0.25) is 0 Å². The summed E-state index contributed by atoms with van der Waals surface area (Å²) in [5.41, 5.74) is -0.953. The fourth-order valence-electron chi connectivity index (χ4n) is 1.46. The van der Waals surface area contributed by atoms with Gasteiger partial charge in [-0.25, -0.2) is 9.78 Å². The van der Waals surface area contributed by atoms with Gasteiger partial charge in [-0.15, -0.1) is 0 Å². The summed E-state index contributed by atoms with van der Waals surface area (Å²) in [5.74, 6) is -0.277. The van der Waals surface area contributed by atoms with Gasteiger partial charge < -0.3 is 20.7 Å². The number of nitrogens with one attached hydrogen (secondary N) is 3. The Labute approximate surface area is 111 Å². The summed E-state index contributed by atoms with van der Waals surface area (Å²) < 4.78 is 0. The summed E-state index contributed by atoms with van der Waals surface area (Å²) in [6.07, 6.45) is 3.71. The van der Waals surface area contributed by atoms with Gasteiger partial charge in [0.25, 0.3) is 0 Å². The van der Waals surface area contributed by atoms with Crippen molar-refractivity contribution in [1.82, 2.24) is 20.6 Å². The molecule has 7 nitrogen and oxygen atoms in total. The Morgan fingerprint density at radius 1 is 1.58 bits per heavy atom. The van der Waals surface area contributed by atoms with Gasteiger partial charge in [0.15, 0.2) is 0 Å². The molecule has 1 heterocycles. The molecule has 0 aliphatic carbocycles. The third-order valence-corrected chi connectivity index (χ3v) is 3.21. The topological polar surface area (TPSA) is 107 Å². The number of aromatic amines is 1. The molecule has 2 amide bonds. The molecule has 0 radical (unpaired) electrons. The smallest absolute Gasteiger partial charge is 0.315 e. The lowest BCUT2D eigenvalue weighted by molar-refractivity contribution is -0.147. The lowest BCUT2D eigenvalue weighted by Gasteiger charge is -2.23. The number of rotatable bonds is 6. The Bertz CT molecular complexity index is 432. The van der Waals surface area contributed by atoms with Crippen LogP contribution in [0.5, 0.6) is 0 Å². The highest BCUT2D eigenvalue weighted by Crippen LogP contribution is 2.19. The second-order valence-corrected chi connectivity index (χ2v) is 4.74. The van der Waals surface area contributed by atoms with Gasteiger partial charge in [0.05, 0.1) is 11.5 Å². The third-order valence-electron chi connectivity index (χ3n) is 3.21. The van der Waals surface area contributed by atoms with Gasteiger partial charge in [-0.2, -0.15) is 0 Å². The van der Waals surface area contributed by atoms with Gasteiger partial charge in [0.1, 0.15) is 5.82 Å². The van der Waals surface area contributed by atoms with Gasteiger partial charge in [0, 0.05) is 18.9 Å². The van der Waals surface area contributed by atoms with Crippen molar-refractivity contribution in [3.05, 3.63) is 18.2 Å². The number of carboxylic acids is 1. The Morgan fingerprint density at radius 3 is 2.74 bits per heavy atom. The number of amides is 2. The molecule has 2 unspecified atom stereocenters. The number of carbonyl (C=O) groups is 2. The first-order valence-electron chi connectivity index (χ1n) is 6.16. The maximum Gasteiger partial charge on any atom is 0.315 e. The van der Waals surface area contributed by atoms with Crippen molar-refractivity contribution in [2.24, 2.45) is 5.41 Å². The second kappa shape index (κ2) is 6.21.